The number of rotatable bonds is 36. The smallest absolute Gasteiger partial charge is 0.379 e. The highest BCUT2D eigenvalue weighted by Gasteiger charge is 2.19. The third-order valence-corrected chi connectivity index (χ3v) is 7.66. The summed E-state index contributed by atoms with van der Waals surface area (Å²) in [6, 6.07) is 0. The molecule has 0 atom stereocenters. The highest BCUT2D eigenvalue weighted by Crippen LogP contribution is 2.22. The van der Waals surface area contributed by atoms with Crippen LogP contribution in [0.1, 0.15) is 142 Å². The molecule has 0 saturated heterocycles. The van der Waals surface area contributed by atoms with E-state index in [1.807, 2.05) is 0 Å². The van der Waals surface area contributed by atoms with Crippen LogP contribution in [0.3, 0.4) is 0 Å². The number of hydrogen-bond donors (Lipinski definition) is 0. The second-order valence-corrected chi connectivity index (χ2v) is 11.7. The number of ether oxygens (including phenoxy) is 4. The van der Waals surface area contributed by atoms with Gasteiger partial charge in [-0.25, -0.2) is 0 Å². The van der Waals surface area contributed by atoms with Crippen molar-refractivity contribution in [1.82, 2.24) is 0 Å². The molecule has 0 aliphatic rings. The molecular weight excluding hydrogens is 527 g/mol. The van der Waals surface area contributed by atoms with Crippen molar-refractivity contribution < 1.29 is 32.6 Å². The molecule has 0 aromatic heterocycles. The maximum absolute atomic E-state index is 11.7. The minimum Gasteiger partial charge on any atom is -0.379 e. The molecule has 0 unspecified atom stereocenters. The van der Waals surface area contributed by atoms with Gasteiger partial charge in [-0.15, -0.1) is 9.05 Å². The van der Waals surface area contributed by atoms with Crippen molar-refractivity contribution in [3.05, 3.63) is 0 Å². The van der Waals surface area contributed by atoms with E-state index in [-0.39, 0.29) is 13.2 Å². The molecule has 0 amide bonds. The Hall–Kier alpha value is -0.140. The molecule has 0 rings (SSSR count). The molecule has 0 saturated carbocycles. The fourth-order valence-electron chi connectivity index (χ4n) is 4.41. The number of unbranched alkanes of at least 4 members (excludes halogenated alkanes) is 18. The summed E-state index contributed by atoms with van der Waals surface area (Å²) in [4.78, 5) is 0. The Morgan fingerprint density at radius 3 is 0.900 bits per heavy atom. The normalized spacial score (nSPS) is 11.4. The van der Waals surface area contributed by atoms with Crippen LogP contribution in [0.15, 0.2) is 0 Å². The van der Waals surface area contributed by atoms with Crippen molar-refractivity contribution in [2.24, 2.45) is 0 Å². The molecule has 0 spiro atoms. The van der Waals surface area contributed by atoms with E-state index in [4.69, 9.17) is 28.0 Å². The van der Waals surface area contributed by atoms with Crippen LogP contribution in [-0.4, -0.2) is 66.1 Å². The van der Waals surface area contributed by atoms with Crippen LogP contribution in [0.25, 0.3) is 0 Å². The van der Waals surface area contributed by atoms with Gasteiger partial charge >= 0.3 is 8.25 Å². The second kappa shape index (κ2) is 36.9. The van der Waals surface area contributed by atoms with Gasteiger partial charge < -0.3 is 18.9 Å². The van der Waals surface area contributed by atoms with Gasteiger partial charge in [0.25, 0.3) is 0 Å². The monoisotopic (exact) mass is 593 g/mol. The van der Waals surface area contributed by atoms with Gasteiger partial charge in [-0.2, -0.15) is 0 Å². The van der Waals surface area contributed by atoms with E-state index in [0.717, 1.165) is 26.1 Å². The standard InChI is InChI=1S/C32H66O7P/c1-3-5-7-9-11-13-15-17-19-21-23-34-25-27-36-29-31-38-40(33)39-32-30-37-28-26-35-24-22-20-18-16-14-12-10-8-6-4-2/h3-32H2,1-2H3/q+1. The molecule has 0 fully saturated rings. The Bertz CT molecular complexity index is 442. The number of hydrogen-bond acceptors (Lipinski definition) is 7. The quantitative estimate of drug-likeness (QED) is 0.0529. The van der Waals surface area contributed by atoms with E-state index in [1.54, 1.807) is 0 Å². The minimum atomic E-state index is -2.14. The molecule has 0 bridgehead atoms. The van der Waals surface area contributed by atoms with E-state index in [0.29, 0.717) is 39.6 Å². The van der Waals surface area contributed by atoms with Gasteiger partial charge in [0, 0.05) is 17.8 Å². The lowest BCUT2D eigenvalue weighted by Crippen LogP contribution is -2.10. The van der Waals surface area contributed by atoms with E-state index < -0.39 is 8.25 Å². The van der Waals surface area contributed by atoms with Gasteiger partial charge in [-0.05, 0) is 12.8 Å². The Morgan fingerprint density at radius 1 is 0.325 bits per heavy atom. The van der Waals surface area contributed by atoms with E-state index in [1.165, 1.54) is 116 Å². The lowest BCUT2D eigenvalue weighted by Gasteiger charge is -2.05. The molecule has 40 heavy (non-hydrogen) atoms. The van der Waals surface area contributed by atoms with Gasteiger partial charge in [0.05, 0.1) is 39.6 Å². The first-order valence-corrected chi connectivity index (χ1v) is 17.9. The van der Waals surface area contributed by atoms with Gasteiger partial charge in [-0.1, -0.05) is 129 Å². The molecule has 8 heteroatoms. The highest BCUT2D eigenvalue weighted by molar-refractivity contribution is 7.33. The molecule has 0 aliphatic heterocycles. The second-order valence-electron chi connectivity index (χ2n) is 10.7. The third-order valence-electron chi connectivity index (χ3n) is 6.88. The van der Waals surface area contributed by atoms with Crippen molar-refractivity contribution in [3.8, 4) is 0 Å². The lowest BCUT2D eigenvalue weighted by molar-refractivity contribution is 0.0277. The van der Waals surface area contributed by atoms with E-state index in [2.05, 4.69) is 13.8 Å². The molecule has 0 aromatic carbocycles. The SMILES string of the molecule is CCCCCCCCCCCCOCCOCCO[P+](=O)OCCOCCOCCCCCCCCCCCC. The van der Waals surface area contributed by atoms with Gasteiger partial charge in [-0.3, -0.25) is 0 Å². The van der Waals surface area contributed by atoms with Crippen molar-refractivity contribution in [1.29, 1.82) is 0 Å². The molecule has 7 nitrogen and oxygen atoms in total. The zero-order chi connectivity index (χ0) is 29.0. The minimum absolute atomic E-state index is 0.237. The summed E-state index contributed by atoms with van der Waals surface area (Å²) in [6.07, 6.45) is 26.6. The Labute approximate surface area is 249 Å². The zero-order valence-electron chi connectivity index (χ0n) is 26.5. The molecular formula is C32H66O7P+. The summed E-state index contributed by atoms with van der Waals surface area (Å²) in [5.74, 6) is 0. The van der Waals surface area contributed by atoms with Crippen LogP contribution in [0.2, 0.25) is 0 Å². The lowest BCUT2D eigenvalue weighted by atomic mass is 10.1. The molecule has 0 aliphatic carbocycles. The first-order valence-electron chi connectivity index (χ1n) is 16.8. The topological polar surface area (TPSA) is 72.5 Å². The predicted molar refractivity (Wildman–Crippen MR) is 166 cm³/mol. The van der Waals surface area contributed by atoms with Crippen LogP contribution in [0.5, 0.6) is 0 Å². The average Bonchev–Trinajstić information content (AvgIpc) is 2.96. The van der Waals surface area contributed by atoms with Gasteiger partial charge in [0.2, 0.25) is 0 Å². The Balaban J connectivity index is 3.14. The first kappa shape index (κ1) is 39.9. The molecule has 0 aromatic rings. The average molecular weight is 594 g/mol. The van der Waals surface area contributed by atoms with Crippen LogP contribution < -0.4 is 0 Å². The summed E-state index contributed by atoms with van der Waals surface area (Å²) in [7, 11) is -2.14. The summed E-state index contributed by atoms with van der Waals surface area (Å²) in [6.45, 7) is 9.55. The van der Waals surface area contributed by atoms with Crippen molar-refractivity contribution >= 4 is 8.25 Å². The molecule has 240 valence electrons. The predicted octanol–water partition coefficient (Wildman–Crippen LogP) is 9.59. The summed E-state index contributed by atoms with van der Waals surface area (Å²) >= 11 is 0. The molecule has 0 radical (unpaired) electrons. The van der Waals surface area contributed by atoms with Crippen molar-refractivity contribution in [3.63, 3.8) is 0 Å². The van der Waals surface area contributed by atoms with E-state index >= 15 is 0 Å². The van der Waals surface area contributed by atoms with Crippen molar-refractivity contribution in [2.75, 3.05) is 66.1 Å². The van der Waals surface area contributed by atoms with Gasteiger partial charge in [0.1, 0.15) is 13.2 Å². The molecule has 0 heterocycles. The highest BCUT2D eigenvalue weighted by atomic mass is 31.1. The van der Waals surface area contributed by atoms with E-state index in [9.17, 15) is 4.57 Å². The summed E-state index contributed by atoms with van der Waals surface area (Å²) in [5, 5.41) is 0. The largest absolute Gasteiger partial charge is 0.697 e. The van der Waals surface area contributed by atoms with Crippen LogP contribution in [0.4, 0.5) is 0 Å². The maximum Gasteiger partial charge on any atom is 0.697 e. The molecule has 0 N–H and O–H groups in total. The maximum atomic E-state index is 11.7. The third kappa shape index (κ3) is 35.9. The van der Waals surface area contributed by atoms with Gasteiger partial charge in [0.15, 0.2) is 0 Å². The first-order chi connectivity index (χ1) is 19.8. The fraction of sp³-hybridized carbons (Fsp3) is 1.00. The zero-order valence-corrected chi connectivity index (χ0v) is 27.4. The van der Waals surface area contributed by atoms with Crippen molar-refractivity contribution in [2.45, 2.75) is 142 Å². The van der Waals surface area contributed by atoms with Crippen LogP contribution in [0, 0.1) is 0 Å². The Morgan fingerprint density at radius 2 is 0.575 bits per heavy atom. The van der Waals surface area contributed by atoms with Crippen LogP contribution in [-0.2, 0) is 32.6 Å². The summed E-state index contributed by atoms with van der Waals surface area (Å²) < 4.78 is 44.1. The summed E-state index contributed by atoms with van der Waals surface area (Å²) in [5.41, 5.74) is 0. The Kier molecular flexibility index (Phi) is 36.8. The van der Waals surface area contributed by atoms with Crippen LogP contribution >= 0.6 is 8.25 Å². The fourth-order valence-corrected chi connectivity index (χ4v) is 4.93.